The molecule has 2 nitrogen and oxygen atoms in total. The van der Waals surface area contributed by atoms with Crippen LogP contribution in [0.1, 0.15) is 25.0 Å². The number of hydrogen-bond donors (Lipinski definition) is 0. The summed E-state index contributed by atoms with van der Waals surface area (Å²) in [6.07, 6.45) is 0. The molecular weight excluding hydrogens is 765 g/mol. The minimum absolute atomic E-state index is 0.129. The van der Waals surface area contributed by atoms with Gasteiger partial charge in [-0.25, -0.2) is 0 Å². The lowest BCUT2D eigenvalue weighted by Crippen LogP contribution is -2.14. The van der Waals surface area contributed by atoms with Gasteiger partial charge in [0.25, 0.3) is 0 Å². The Kier molecular flexibility index (Phi) is 6.93. The molecular formula is C61H38O2. The summed E-state index contributed by atoms with van der Waals surface area (Å²) in [5.41, 5.74) is 16.3. The lowest BCUT2D eigenvalue weighted by atomic mass is 9.80. The molecule has 2 heteroatoms. The minimum Gasteiger partial charge on any atom is -0.456 e. The Morgan fingerprint density at radius 1 is 0.270 bits per heavy atom. The van der Waals surface area contributed by atoms with Crippen LogP contribution >= 0.6 is 0 Å². The van der Waals surface area contributed by atoms with E-state index in [1.165, 1.54) is 98.7 Å². The van der Waals surface area contributed by atoms with E-state index in [-0.39, 0.29) is 5.41 Å². The SMILES string of the molecule is CC1(C)c2ccccc2-c2c(-c3c4cccc(-c5cccc6c5ccc5oc7ccccc7c56)c4cc4c(-c5cccc6c5ccc5oc7ccccc7c56)cccc34)cccc21. The summed E-state index contributed by atoms with van der Waals surface area (Å²) in [4.78, 5) is 0. The van der Waals surface area contributed by atoms with Crippen LogP contribution in [0.2, 0.25) is 0 Å². The van der Waals surface area contributed by atoms with Crippen LogP contribution in [0.15, 0.2) is 203 Å². The molecule has 14 rings (SSSR count). The van der Waals surface area contributed by atoms with Crippen LogP contribution in [-0.2, 0) is 5.41 Å². The fraction of sp³-hybridized carbons (Fsp3) is 0.0492. The number of benzene rings is 11. The van der Waals surface area contributed by atoms with Crippen LogP contribution in [0.25, 0.3) is 131 Å². The molecule has 13 aromatic rings. The number of rotatable bonds is 3. The van der Waals surface area contributed by atoms with E-state index in [0.717, 1.165) is 43.9 Å². The Labute approximate surface area is 363 Å². The van der Waals surface area contributed by atoms with Crippen molar-refractivity contribution in [3.8, 4) is 44.5 Å². The molecule has 0 atom stereocenters. The highest BCUT2D eigenvalue weighted by Gasteiger charge is 2.37. The van der Waals surface area contributed by atoms with E-state index in [1.807, 2.05) is 12.1 Å². The zero-order chi connectivity index (χ0) is 41.6. The third kappa shape index (κ3) is 4.67. The zero-order valence-electron chi connectivity index (χ0n) is 34.8. The van der Waals surface area contributed by atoms with Crippen molar-refractivity contribution in [1.82, 2.24) is 0 Å². The predicted octanol–water partition coefficient (Wildman–Crippen LogP) is 17.4. The van der Waals surface area contributed by atoms with Crippen molar-refractivity contribution in [3.05, 3.63) is 205 Å². The summed E-state index contributed by atoms with van der Waals surface area (Å²) in [6.45, 7) is 4.75. The van der Waals surface area contributed by atoms with Gasteiger partial charge in [0.2, 0.25) is 0 Å². The van der Waals surface area contributed by atoms with Gasteiger partial charge in [-0.2, -0.15) is 0 Å². The molecule has 1 aliphatic rings. The van der Waals surface area contributed by atoms with Gasteiger partial charge in [-0.05, 0) is 129 Å². The van der Waals surface area contributed by atoms with Gasteiger partial charge in [0.15, 0.2) is 0 Å². The minimum atomic E-state index is -0.129. The summed E-state index contributed by atoms with van der Waals surface area (Å²) in [6, 6.07) is 71.4. The van der Waals surface area contributed by atoms with Gasteiger partial charge < -0.3 is 8.83 Å². The van der Waals surface area contributed by atoms with Gasteiger partial charge >= 0.3 is 0 Å². The Morgan fingerprint density at radius 3 is 1.25 bits per heavy atom. The maximum absolute atomic E-state index is 6.39. The summed E-state index contributed by atoms with van der Waals surface area (Å²) in [5, 5.41) is 14.3. The average Bonchev–Trinajstić information content (AvgIpc) is 3.98. The standard InChI is InChI=1S/C61H38O2/c1-61(2)51-26-6-3-14-45(51)58-48(25-13-27-52(58)61)57-43-23-11-19-37(35-17-9-21-41-39(35)30-32-55-59(41)46-15-4-7-28-53(46)62-55)49(43)34-50-38(20-12-24-44(50)57)36-18-10-22-42-40(36)31-33-56-60(42)47-16-5-8-29-54(47)63-56/h3-34H,1-2H3. The molecule has 0 fully saturated rings. The summed E-state index contributed by atoms with van der Waals surface area (Å²) >= 11 is 0. The highest BCUT2D eigenvalue weighted by Crippen LogP contribution is 2.55. The molecule has 0 radical (unpaired) electrons. The van der Waals surface area contributed by atoms with Crippen molar-refractivity contribution in [2.24, 2.45) is 0 Å². The van der Waals surface area contributed by atoms with E-state index in [0.29, 0.717) is 0 Å². The number of fused-ring (bicyclic) bond motifs is 15. The Balaban J connectivity index is 1.12. The summed E-state index contributed by atoms with van der Waals surface area (Å²) in [7, 11) is 0. The van der Waals surface area contributed by atoms with E-state index in [2.05, 4.69) is 196 Å². The molecule has 2 heterocycles. The lowest BCUT2D eigenvalue weighted by Gasteiger charge is -2.22. The topological polar surface area (TPSA) is 26.3 Å². The summed E-state index contributed by atoms with van der Waals surface area (Å²) in [5.74, 6) is 0. The Bertz CT molecular complexity index is 3910. The van der Waals surface area contributed by atoms with Crippen LogP contribution < -0.4 is 0 Å². The monoisotopic (exact) mass is 802 g/mol. The van der Waals surface area contributed by atoms with Gasteiger partial charge in [-0.15, -0.1) is 0 Å². The maximum atomic E-state index is 6.39. The van der Waals surface area contributed by atoms with E-state index in [4.69, 9.17) is 8.83 Å². The molecule has 0 N–H and O–H groups in total. The molecule has 0 saturated carbocycles. The third-order valence-corrected chi connectivity index (χ3v) is 14.3. The van der Waals surface area contributed by atoms with Crippen molar-refractivity contribution >= 4 is 87.0 Å². The maximum Gasteiger partial charge on any atom is 0.136 e. The quantitative estimate of drug-likeness (QED) is 0.166. The van der Waals surface area contributed by atoms with Crippen molar-refractivity contribution in [1.29, 1.82) is 0 Å². The first kappa shape index (κ1) is 34.7. The predicted molar refractivity (Wildman–Crippen MR) is 265 cm³/mol. The van der Waals surface area contributed by atoms with Crippen LogP contribution in [-0.4, -0.2) is 0 Å². The molecule has 294 valence electrons. The molecule has 0 spiro atoms. The largest absolute Gasteiger partial charge is 0.456 e. The molecule has 2 aromatic heterocycles. The molecule has 63 heavy (non-hydrogen) atoms. The fourth-order valence-electron chi connectivity index (χ4n) is 11.5. The number of hydrogen-bond acceptors (Lipinski definition) is 2. The molecule has 0 amide bonds. The van der Waals surface area contributed by atoms with Gasteiger partial charge in [0.1, 0.15) is 22.3 Å². The highest BCUT2D eigenvalue weighted by molar-refractivity contribution is 6.26. The van der Waals surface area contributed by atoms with Crippen LogP contribution in [0, 0.1) is 0 Å². The average molecular weight is 803 g/mol. The van der Waals surface area contributed by atoms with E-state index in [9.17, 15) is 0 Å². The molecule has 0 aliphatic heterocycles. The van der Waals surface area contributed by atoms with Gasteiger partial charge in [-0.3, -0.25) is 0 Å². The summed E-state index contributed by atoms with van der Waals surface area (Å²) < 4.78 is 12.8. The second-order valence-electron chi connectivity index (χ2n) is 17.8. The number of para-hydroxylation sites is 2. The smallest absolute Gasteiger partial charge is 0.136 e. The first-order chi connectivity index (χ1) is 31.0. The van der Waals surface area contributed by atoms with Crippen molar-refractivity contribution in [3.63, 3.8) is 0 Å². The second kappa shape index (κ2) is 12.6. The highest BCUT2D eigenvalue weighted by atomic mass is 16.3. The van der Waals surface area contributed by atoms with Gasteiger partial charge in [-0.1, -0.05) is 178 Å². The molecule has 1 aliphatic carbocycles. The van der Waals surface area contributed by atoms with E-state index in [1.54, 1.807) is 0 Å². The molecule has 0 unspecified atom stereocenters. The number of furan rings is 2. The first-order valence-electron chi connectivity index (χ1n) is 21.9. The molecule has 0 saturated heterocycles. The van der Waals surface area contributed by atoms with Crippen molar-refractivity contribution in [2.45, 2.75) is 19.3 Å². The first-order valence-corrected chi connectivity index (χ1v) is 21.9. The van der Waals surface area contributed by atoms with E-state index >= 15 is 0 Å². The van der Waals surface area contributed by atoms with Crippen LogP contribution in [0.3, 0.4) is 0 Å². The van der Waals surface area contributed by atoms with Gasteiger partial charge in [0, 0.05) is 27.0 Å². The normalized spacial score (nSPS) is 13.4. The van der Waals surface area contributed by atoms with Crippen molar-refractivity contribution < 1.29 is 8.83 Å². The van der Waals surface area contributed by atoms with Crippen LogP contribution in [0.4, 0.5) is 0 Å². The zero-order valence-corrected chi connectivity index (χ0v) is 34.8. The van der Waals surface area contributed by atoms with E-state index < -0.39 is 0 Å². The Hall–Kier alpha value is -7.94. The van der Waals surface area contributed by atoms with Crippen molar-refractivity contribution in [2.75, 3.05) is 0 Å². The third-order valence-electron chi connectivity index (χ3n) is 14.3. The molecule has 0 bridgehead atoms. The molecule has 11 aromatic carbocycles. The van der Waals surface area contributed by atoms with Crippen LogP contribution in [0.5, 0.6) is 0 Å². The second-order valence-corrected chi connectivity index (χ2v) is 17.8. The Morgan fingerprint density at radius 2 is 0.683 bits per heavy atom. The van der Waals surface area contributed by atoms with Gasteiger partial charge in [0.05, 0.1) is 0 Å². The lowest BCUT2D eigenvalue weighted by molar-refractivity contribution is 0.660. The fourth-order valence-corrected chi connectivity index (χ4v) is 11.5.